The van der Waals surface area contributed by atoms with Crippen molar-refractivity contribution in [3.63, 3.8) is 0 Å². The molecule has 1 saturated carbocycles. The van der Waals surface area contributed by atoms with E-state index in [1.807, 2.05) is 13.0 Å². The Morgan fingerprint density at radius 1 is 1.05 bits per heavy atom. The summed E-state index contributed by atoms with van der Waals surface area (Å²) < 4.78 is 0. The Kier molecular flexibility index (Phi) is 8.31. The molecule has 10 heteroatoms. The molecule has 0 spiro atoms. The molecule has 220 valence electrons. The van der Waals surface area contributed by atoms with E-state index in [0.717, 1.165) is 64.0 Å². The summed E-state index contributed by atoms with van der Waals surface area (Å²) >= 11 is 6.64. The number of amides is 2. The van der Waals surface area contributed by atoms with Crippen molar-refractivity contribution in [3.05, 3.63) is 70.9 Å². The first-order chi connectivity index (χ1) is 20.4. The van der Waals surface area contributed by atoms with E-state index in [2.05, 4.69) is 49.7 Å². The maximum Gasteiger partial charge on any atom is 0.251 e. The highest BCUT2D eigenvalue weighted by Crippen LogP contribution is 2.39. The summed E-state index contributed by atoms with van der Waals surface area (Å²) in [6, 6.07) is 15.9. The lowest BCUT2D eigenvalue weighted by Gasteiger charge is -2.42. The molecule has 9 nitrogen and oxygen atoms in total. The fourth-order valence-corrected chi connectivity index (χ4v) is 6.68. The SMILES string of the molecule is C[C@@H]1C(=O)N(C)c2cnc(Nc3ccc(C(=O)NC4CCN(Cc5ccccc5)CC4)cc3Cl)nc2N1C1CCCC1. The number of halogens is 1. The van der Waals surface area contributed by atoms with Crippen LogP contribution in [0.3, 0.4) is 0 Å². The minimum atomic E-state index is -0.286. The topological polar surface area (TPSA) is 93.7 Å². The summed E-state index contributed by atoms with van der Waals surface area (Å²) in [5, 5.41) is 6.82. The molecule has 2 amide bonds. The number of likely N-dealkylation sites (tertiary alicyclic amines) is 1. The fourth-order valence-electron chi connectivity index (χ4n) is 6.45. The molecule has 6 rings (SSSR count). The van der Waals surface area contributed by atoms with Crippen molar-refractivity contribution in [3.8, 4) is 0 Å². The van der Waals surface area contributed by atoms with Gasteiger partial charge in [0.25, 0.3) is 5.91 Å². The minimum Gasteiger partial charge on any atom is -0.349 e. The van der Waals surface area contributed by atoms with Gasteiger partial charge < -0.3 is 20.4 Å². The molecule has 3 aliphatic rings. The first-order valence-electron chi connectivity index (χ1n) is 14.9. The number of fused-ring (bicyclic) bond motifs is 1. The van der Waals surface area contributed by atoms with Gasteiger partial charge in [0, 0.05) is 44.3 Å². The summed E-state index contributed by atoms with van der Waals surface area (Å²) in [4.78, 5) is 41.5. The fraction of sp³-hybridized carbons (Fsp3) is 0.438. The van der Waals surface area contributed by atoms with E-state index in [9.17, 15) is 9.59 Å². The van der Waals surface area contributed by atoms with E-state index < -0.39 is 0 Å². The highest BCUT2D eigenvalue weighted by atomic mass is 35.5. The van der Waals surface area contributed by atoms with Crippen LogP contribution in [0, 0.1) is 0 Å². The number of carbonyl (C=O) groups excluding carboxylic acids is 2. The van der Waals surface area contributed by atoms with E-state index in [1.54, 1.807) is 36.3 Å². The van der Waals surface area contributed by atoms with Crippen LogP contribution < -0.4 is 20.4 Å². The van der Waals surface area contributed by atoms with Crippen LogP contribution in [0.5, 0.6) is 0 Å². The van der Waals surface area contributed by atoms with Crippen molar-refractivity contribution in [2.45, 2.75) is 70.1 Å². The second-order valence-corrected chi connectivity index (χ2v) is 12.1. The molecule has 0 bridgehead atoms. The monoisotopic (exact) mass is 587 g/mol. The van der Waals surface area contributed by atoms with Gasteiger partial charge in [0.15, 0.2) is 5.82 Å². The van der Waals surface area contributed by atoms with Crippen molar-refractivity contribution < 1.29 is 9.59 Å². The maximum absolute atomic E-state index is 13.1. The summed E-state index contributed by atoms with van der Waals surface area (Å²) in [6.07, 6.45) is 7.94. The van der Waals surface area contributed by atoms with Gasteiger partial charge in [-0.05, 0) is 56.4 Å². The lowest BCUT2D eigenvalue weighted by atomic mass is 10.0. The molecule has 42 heavy (non-hydrogen) atoms. The van der Waals surface area contributed by atoms with Crippen LogP contribution >= 0.6 is 11.6 Å². The van der Waals surface area contributed by atoms with E-state index in [1.165, 1.54) is 5.56 Å². The van der Waals surface area contributed by atoms with Gasteiger partial charge >= 0.3 is 0 Å². The Hall–Kier alpha value is -3.69. The van der Waals surface area contributed by atoms with Crippen LogP contribution in [-0.4, -0.2) is 64.9 Å². The average molecular weight is 588 g/mol. The Balaban J connectivity index is 1.10. The van der Waals surface area contributed by atoms with Crippen LogP contribution in [0.2, 0.25) is 5.02 Å². The van der Waals surface area contributed by atoms with Crippen molar-refractivity contribution >= 4 is 46.6 Å². The van der Waals surface area contributed by atoms with Crippen molar-refractivity contribution in [2.75, 3.05) is 35.3 Å². The number of nitrogens with one attached hydrogen (secondary N) is 2. The van der Waals surface area contributed by atoms with Gasteiger partial charge in [0.2, 0.25) is 11.9 Å². The molecular formula is C32H38ClN7O2. The molecule has 2 aliphatic heterocycles. The third-order valence-electron chi connectivity index (χ3n) is 8.83. The third kappa shape index (κ3) is 5.94. The number of anilines is 4. The number of nitrogens with zero attached hydrogens (tertiary/aromatic N) is 5. The lowest BCUT2D eigenvalue weighted by Crippen LogP contribution is -2.54. The Morgan fingerprint density at radius 3 is 2.50 bits per heavy atom. The second-order valence-electron chi connectivity index (χ2n) is 11.7. The number of carbonyl (C=O) groups is 2. The van der Waals surface area contributed by atoms with E-state index in [4.69, 9.17) is 16.6 Å². The van der Waals surface area contributed by atoms with Gasteiger partial charge in [-0.3, -0.25) is 14.5 Å². The van der Waals surface area contributed by atoms with Crippen LogP contribution in [0.1, 0.15) is 61.4 Å². The number of hydrogen-bond donors (Lipinski definition) is 2. The first-order valence-corrected chi connectivity index (χ1v) is 15.3. The molecular weight excluding hydrogens is 550 g/mol. The number of hydrogen-bond acceptors (Lipinski definition) is 7. The second kappa shape index (κ2) is 12.3. The molecule has 2 fully saturated rings. The number of benzene rings is 2. The van der Waals surface area contributed by atoms with Crippen LogP contribution in [0.25, 0.3) is 0 Å². The molecule has 3 heterocycles. The molecule has 1 aromatic heterocycles. The number of likely N-dealkylation sites (N-methyl/N-ethyl adjacent to an activating group) is 1. The van der Waals surface area contributed by atoms with E-state index >= 15 is 0 Å². The Bertz CT molecular complexity index is 1440. The highest BCUT2D eigenvalue weighted by Gasteiger charge is 2.39. The summed E-state index contributed by atoms with van der Waals surface area (Å²) in [6.45, 7) is 4.78. The van der Waals surface area contributed by atoms with E-state index in [-0.39, 0.29) is 29.9 Å². The average Bonchev–Trinajstić information content (AvgIpc) is 3.53. The predicted octanol–water partition coefficient (Wildman–Crippen LogP) is 5.38. The zero-order chi connectivity index (χ0) is 29.2. The molecule has 0 radical (unpaired) electrons. The summed E-state index contributed by atoms with van der Waals surface area (Å²) in [7, 11) is 1.77. The number of aromatic nitrogens is 2. The van der Waals surface area contributed by atoms with Gasteiger partial charge in [-0.1, -0.05) is 54.8 Å². The quantitative estimate of drug-likeness (QED) is 0.383. The molecule has 0 unspecified atom stereocenters. The number of rotatable bonds is 7. The summed E-state index contributed by atoms with van der Waals surface area (Å²) in [5.41, 5.74) is 3.15. The molecule has 2 N–H and O–H groups in total. The zero-order valence-corrected chi connectivity index (χ0v) is 25.0. The maximum atomic E-state index is 13.1. The van der Waals surface area contributed by atoms with Crippen molar-refractivity contribution in [2.24, 2.45) is 0 Å². The van der Waals surface area contributed by atoms with Gasteiger partial charge in [0.05, 0.1) is 16.9 Å². The van der Waals surface area contributed by atoms with Crippen LogP contribution in [-0.2, 0) is 11.3 Å². The van der Waals surface area contributed by atoms with Crippen molar-refractivity contribution in [1.29, 1.82) is 0 Å². The van der Waals surface area contributed by atoms with Crippen LogP contribution in [0.15, 0.2) is 54.7 Å². The Labute approximate surface area is 252 Å². The standard InChI is InChI=1S/C32H38ClN7O2/c1-21-31(42)38(2)28-19-34-32(37-29(28)40(21)25-10-6-7-11-25)36-27-13-12-23(18-26(27)33)30(41)35-24-14-16-39(17-15-24)20-22-8-4-3-5-9-22/h3-5,8-9,12-13,18-19,21,24-25H,6-7,10-11,14-17,20H2,1-2H3,(H,35,41)(H,34,36,37)/t21-/m1/s1. The van der Waals surface area contributed by atoms with E-state index in [0.29, 0.717) is 27.9 Å². The van der Waals surface area contributed by atoms with Gasteiger partial charge in [0.1, 0.15) is 11.7 Å². The minimum absolute atomic E-state index is 0.0494. The lowest BCUT2D eigenvalue weighted by molar-refractivity contribution is -0.119. The first kappa shape index (κ1) is 28.4. The molecule has 2 aromatic carbocycles. The van der Waals surface area contributed by atoms with Crippen molar-refractivity contribution in [1.82, 2.24) is 20.2 Å². The molecule has 1 saturated heterocycles. The third-order valence-corrected chi connectivity index (χ3v) is 9.14. The Morgan fingerprint density at radius 2 is 1.79 bits per heavy atom. The molecule has 1 atom stereocenters. The number of piperidine rings is 1. The summed E-state index contributed by atoms with van der Waals surface area (Å²) in [5.74, 6) is 1.08. The zero-order valence-electron chi connectivity index (χ0n) is 24.2. The largest absolute Gasteiger partial charge is 0.349 e. The normalized spacial score (nSPS) is 20.1. The molecule has 3 aromatic rings. The smallest absolute Gasteiger partial charge is 0.251 e. The van der Waals surface area contributed by atoms with Gasteiger partial charge in [-0.2, -0.15) is 4.98 Å². The highest BCUT2D eigenvalue weighted by molar-refractivity contribution is 6.33. The molecule has 1 aliphatic carbocycles. The van der Waals surface area contributed by atoms with Gasteiger partial charge in [-0.15, -0.1) is 0 Å². The predicted molar refractivity (Wildman–Crippen MR) is 167 cm³/mol. The van der Waals surface area contributed by atoms with Gasteiger partial charge in [-0.25, -0.2) is 4.98 Å². The van der Waals surface area contributed by atoms with Crippen LogP contribution in [0.4, 0.5) is 23.1 Å².